The van der Waals surface area contributed by atoms with Crippen LogP contribution in [0.15, 0.2) is 24.3 Å². The summed E-state index contributed by atoms with van der Waals surface area (Å²) in [5.41, 5.74) is 6.85. The van der Waals surface area contributed by atoms with Crippen LogP contribution >= 0.6 is 0 Å². The molecule has 2 N–H and O–H groups in total. The van der Waals surface area contributed by atoms with Crippen LogP contribution in [0.4, 0.5) is 0 Å². The van der Waals surface area contributed by atoms with Gasteiger partial charge in [0, 0.05) is 18.2 Å². The maximum atomic E-state index is 13.0. The van der Waals surface area contributed by atoms with Crippen LogP contribution in [0.2, 0.25) is 0 Å². The van der Waals surface area contributed by atoms with E-state index in [9.17, 15) is 4.79 Å². The van der Waals surface area contributed by atoms with Crippen molar-refractivity contribution in [1.82, 2.24) is 4.90 Å². The Hall–Kier alpha value is -1.55. The topological polar surface area (TPSA) is 55.6 Å². The molecule has 0 saturated carbocycles. The van der Waals surface area contributed by atoms with E-state index in [0.717, 1.165) is 37.1 Å². The third-order valence-corrected chi connectivity index (χ3v) is 4.85. The Morgan fingerprint density at radius 3 is 2.95 bits per heavy atom. The average molecular weight is 288 g/mol. The lowest BCUT2D eigenvalue weighted by atomic mass is 9.88. The number of para-hydroxylation sites is 1. The van der Waals surface area contributed by atoms with Crippen LogP contribution in [0.1, 0.15) is 37.7 Å². The zero-order valence-electron chi connectivity index (χ0n) is 12.6. The van der Waals surface area contributed by atoms with E-state index in [2.05, 4.69) is 6.92 Å². The fourth-order valence-electron chi connectivity index (χ4n) is 3.48. The molecule has 4 nitrogen and oxygen atoms in total. The van der Waals surface area contributed by atoms with Gasteiger partial charge in [-0.3, -0.25) is 4.79 Å². The van der Waals surface area contributed by atoms with E-state index in [1.807, 2.05) is 29.2 Å². The smallest absolute Gasteiger partial charge is 0.230 e. The first-order chi connectivity index (χ1) is 10.2. The molecule has 4 heteroatoms. The highest BCUT2D eigenvalue weighted by Gasteiger charge is 2.35. The number of rotatable bonds is 2. The second kappa shape index (κ2) is 6.06. The quantitative estimate of drug-likeness (QED) is 0.907. The number of carbonyl (C=O) groups is 1. The van der Waals surface area contributed by atoms with E-state index in [1.54, 1.807) is 0 Å². The van der Waals surface area contributed by atoms with Gasteiger partial charge in [0.25, 0.3) is 0 Å². The molecule has 0 aliphatic carbocycles. The number of likely N-dealkylation sites (tertiary alicyclic amines) is 1. The van der Waals surface area contributed by atoms with E-state index < -0.39 is 0 Å². The molecule has 1 fully saturated rings. The number of nitrogens with zero attached hydrogens (tertiary/aromatic N) is 1. The van der Waals surface area contributed by atoms with Crippen LogP contribution in [0.25, 0.3) is 0 Å². The molecule has 3 unspecified atom stereocenters. The molecule has 21 heavy (non-hydrogen) atoms. The van der Waals surface area contributed by atoms with Crippen LogP contribution in [-0.4, -0.2) is 36.5 Å². The fraction of sp³-hybridized carbons (Fsp3) is 0.588. The molecule has 114 valence electrons. The first kappa shape index (κ1) is 14.4. The molecule has 2 aliphatic rings. The minimum Gasteiger partial charge on any atom is -0.493 e. The highest BCUT2D eigenvalue weighted by Crippen LogP contribution is 2.36. The number of fused-ring (bicyclic) bond motifs is 1. The van der Waals surface area contributed by atoms with E-state index in [1.165, 1.54) is 0 Å². The monoisotopic (exact) mass is 288 g/mol. The van der Waals surface area contributed by atoms with Gasteiger partial charge in [0.2, 0.25) is 5.91 Å². The molecule has 3 atom stereocenters. The van der Waals surface area contributed by atoms with Gasteiger partial charge >= 0.3 is 0 Å². The summed E-state index contributed by atoms with van der Waals surface area (Å²) in [6, 6.07) is 8.23. The number of ether oxygens (including phenoxy) is 1. The van der Waals surface area contributed by atoms with Gasteiger partial charge in [-0.25, -0.2) is 0 Å². The number of hydrogen-bond donors (Lipinski definition) is 1. The standard InChI is InChI=1S/C17H24N2O2/c1-12-6-7-13(10-18)11-19(12)17(20)15-8-9-21-16-5-3-2-4-14(15)16/h2-5,12-13,15H,6-11,18H2,1H3. The minimum absolute atomic E-state index is 0.0612. The normalized spacial score (nSPS) is 28.7. The summed E-state index contributed by atoms with van der Waals surface area (Å²) >= 11 is 0. The highest BCUT2D eigenvalue weighted by atomic mass is 16.5. The molecule has 1 aromatic rings. The van der Waals surface area contributed by atoms with Crippen molar-refractivity contribution in [1.29, 1.82) is 0 Å². The first-order valence-corrected chi connectivity index (χ1v) is 7.93. The summed E-state index contributed by atoms with van der Waals surface area (Å²) in [5.74, 6) is 1.49. The third kappa shape index (κ3) is 2.77. The molecule has 1 saturated heterocycles. The number of nitrogens with two attached hydrogens (primary N) is 1. The summed E-state index contributed by atoms with van der Waals surface area (Å²) in [7, 11) is 0. The summed E-state index contributed by atoms with van der Waals surface area (Å²) < 4.78 is 5.67. The highest BCUT2D eigenvalue weighted by molar-refractivity contribution is 5.85. The van der Waals surface area contributed by atoms with Gasteiger partial charge in [-0.2, -0.15) is 0 Å². The van der Waals surface area contributed by atoms with Crippen molar-refractivity contribution in [2.24, 2.45) is 11.7 Å². The Kier molecular flexibility index (Phi) is 4.15. The molecule has 1 aromatic carbocycles. The van der Waals surface area contributed by atoms with E-state index in [0.29, 0.717) is 25.1 Å². The van der Waals surface area contributed by atoms with Crippen molar-refractivity contribution in [3.8, 4) is 5.75 Å². The van der Waals surface area contributed by atoms with Crippen LogP contribution in [0.3, 0.4) is 0 Å². The molecule has 2 aliphatic heterocycles. The number of piperidine rings is 1. The van der Waals surface area contributed by atoms with E-state index in [-0.39, 0.29) is 11.8 Å². The zero-order valence-corrected chi connectivity index (χ0v) is 12.6. The summed E-state index contributed by atoms with van der Waals surface area (Å²) in [6.45, 7) is 4.24. The Morgan fingerprint density at radius 1 is 1.33 bits per heavy atom. The van der Waals surface area contributed by atoms with Gasteiger partial charge in [-0.15, -0.1) is 0 Å². The maximum Gasteiger partial charge on any atom is 0.230 e. The molecule has 2 heterocycles. The first-order valence-electron chi connectivity index (χ1n) is 7.93. The number of benzene rings is 1. The lowest BCUT2D eigenvalue weighted by molar-refractivity contribution is -0.137. The zero-order chi connectivity index (χ0) is 14.8. The van der Waals surface area contributed by atoms with Crippen LogP contribution in [-0.2, 0) is 4.79 Å². The number of amides is 1. The van der Waals surface area contributed by atoms with E-state index >= 15 is 0 Å². The Morgan fingerprint density at radius 2 is 2.14 bits per heavy atom. The van der Waals surface area contributed by atoms with Gasteiger partial charge in [-0.05, 0) is 44.7 Å². The Labute approximate surface area is 126 Å². The van der Waals surface area contributed by atoms with Gasteiger partial charge in [0.15, 0.2) is 0 Å². The van der Waals surface area contributed by atoms with Crippen molar-refractivity contribution in [3.05, 3.63) is 29.8 Å². The third-order valence-electron chi connectivity index (χ3n) is 4.85. The van der Waals surface area contributed by atoms with Gasteiger partial charge in [-0.1, -0.05) is 18.2 Å². The fourth-order valence-corrected chi connectivity index (χ4v) is 3.48. The second-order valence-corrected chi connectivity index (χ2v) is 6.25. The van der Waals surface area contributed by atoms with Crippen LogP contribution < -0.4 is 10.5 Å². The van der Waals surface area contributed by atoms with Crippen molar-refractivity contribution in [3.63, 3.8) is 0 Å². The largest absolute Gasteiger partial charge is 0.493 e. The molecule has 0 aromatic heterocycles. The molecular weight excluding hydrogens is 264 g/mol. The van der Waals surface area contributed by atoms with Gasteiger partial charge in [0.1, 0.15) is 5.75 Å². The molecule has 0 spiro atoms. The lowest BCUT2D eigenvalue weighted by Crippen LogP contribution is -2.49. The molecular formula is C17H24N2O2. The van der Waals surface area contributed by atoms with Crippen LogP contribution in [0, 0.1) is 5.92 Å². The predicted molar refractivity (Wildman–Crippen MR) is 82.2 cm³/mol. The molecule has 3 rings (SSSR count). The van der Waals surface area contributed by atoms with Crippen LogP contribution in [0.5, 0.6) is 5.75 Å². The predicted octanol–water partition coefficient (Wildman–Crippen LogP) is 2.14. The lowest BCUT2D eigenvalue weighted by Gasteiger charge is -2.40. The summed E-state index contributed by atoms with van der Waals surface area (Å²) in [5, 5.41) is 0. The second-order valence-electron chi connectivity index (χ2n) is 6.25. The summed E-state index contributed by atoms with van der Waals surface area (Å²) in [4.78, 5) is 15.1. The minimum atomic E-state index is -0.0612. The maximum absolute atomic E-state index is 13.0. The molecule has 0 radical (unpaired) electrons. The van der Waals surface area contributed by atoms with Crippen molar-refractivity contribution in [2.75, 3.05) is 19.7 Å². The number of carbonyl (C=O) groups excluding carboxylic acids is 1. The van der Waals surface area contributed by atoms with Crippen molar-refractivity contribution in [2.45, 2.75) is 38.1 Å². The SMILES string of the molecule is CC1CCC(CN)CN1C(=O)C1CCOc2ccccc21. The number of hydrogen-bond acceptors (Lipinski definition) is 3. The van der Waals surface area contributed by atoms with Crippen molar-refractivity contribution >= 4 is 5.91 Å². The van der Waals surface area contributed by atoms with Gasteiger partial charge in [0.05, 0.1) is 12.5 Å². The van der Waals surface area contributed by atoms with Gasteiger partial charge < -0.3 is 15.4 Å². The summed E-state index contributed by atoms with van der Waals surface area (Å²) in [6.07, 6.45) is 2.96. The molecule has 0 bridgehead atoms. The van der Waals surface area contributed by atoms with Crippen molar-refractivity contribution < 1.29 is 9.53 Å². The Balaban J connectivity index is 1.82. The molecule has 1 amide bonds. The Bertz CT molecular complexity index is 517. The van der Waals surface area contributed by atoms with E-state index in [4.69, 9.17) is 10.5 Å². The average Bonchev–Trinajstić information content (AvgIpc) is 2.54.